The van der Waals surface area contributed by atoms with E-state index in [2.05, 4.69) is 30.6 Å². The van der Waals surface area contributed by atoms with E-state index in [4.69, 9.17) is 4.74 Å². The number of amides is 1. The molecule has 0 unspecified atom stereocenters. The van der Waals surface area contributed by atoms with E-state index in [-0.39, 0.29) is 30.4 Å². The summed E-state index contributed by atoms with van der Waals surface area (Å²) in [4.78, 5) is 41.0. The molecule has 0 spiro atoms. The second-order valence-corrected chi connectivity index (χ2v) is 7.89. The van der Waals surface area contributed by atoms with Crippen LogP contribution in [0.5, 0.6) is 5.75 Å². The average Bonchev–Trinajstić information content (AvgIpc) is 3.40. The number of imidazole rings is 1. The van der Waals surface area contributed by atoms with Gasteiger partial charge in [-0.25, -0.2) is 9.97 Å². The quantitative estimate of drug-likeness (QED) is 0.305. The molecule has 0 atom stereocenters. The van der Waals surface area contributed by atoms with Crippen molar-refractivity contribution in [3.63, 3.8) is 0 Å². The standard InChI is InChI=1S/C25H27N7O3/c1-18-12-30-24(28-11-9-20-7-4-5-10-27-20)25(34)32(18)15-23(33)29-13-19-6-2-3-8-22(19)35-16-21-14-26-17-31-21/h2-8,10,12,14,17H,9,11,13,15-16H2,1H3,(H,26,31)(H,28,30)(H,29,33). The zero-order valence-electron chi connectivity index (χ0n) is 19.4. The van der Waals surface area contributed by atoms with Gasteiger partial charge in [-0.15, -0.1) is 0 Å². The first-order valence-electron chi connectivity index (χ1n) is 11.2. The number of nitrogens with one attached hydrogen (secondary N) is 3. The number of carbonyl (C=O) groups is 1. The number of carbonyl (C=O) groups excluding carboxylic acids is 1. The SMILES string of the molecule is Cc1cnc(NCCc2ccccn2)c(=O)n1CC(=O)NCc1ccccc1OCc1cnc[nH]1. The number of pyridine rings is 1. The van der Waals surface area contributed by atoms with Gasteiger partial charge in [-0.2, -0.15) is 0 Å². The number of hydrogen-bond acceptors (Lipinski definition) is 7. The molecule has 3 heterocycles. The van der Waals surface area contributed by atoms with Crippen LogP contribution in [0.2, 0.25) is 0 Å². The number of aromatic amines is 1. The summed E-state index contributed by atoms with van der Waals surface area (Å²) in [7, 11) is 0. The minimum atomic E-state index is -0.343. The molecule has 1 amide bonds. The molecule has 0 fully saturated rings. The fraction of sp³-hybridized carbons (Fsp3) is 0.240. The number of para-hydroxylation sites is 1. The summed E-state index contributed by atoms with van der Waals surface area (Å²) in [6.07, 6.45) is 7.25. The van der Waals surface area contributed by atoms with E-state index in [1.165, 1.54) is 4.57 Å². The molecule has 0 aliphatic rings. The number of rotatable bonds is 11. The second kappa shape index (κ2) is 11.6. The summed E-state index contributed by atoms with van der Waals surface area (Å²) in [6, 6.07) is 13.2. The Hall–Kier alpha value is -4.47. The lowest BCUT2D eigenvalue weighted by molar-refractivity contribution is -0.121. The Kier molecular flexibility index (Phi) is 7.84. The molecule has 4 aromatic rings. The third kappa shape index (κ3) is 6.53. The molecule has 0 radical (unpaired) electrons. The summed E-state index contributed by atoms with van der Waals surface area (Å²) < 4.78 is 7.27. The van der Waals surface area contributed by atoms with E-state index in [1.807, 2.05) is 42.5 Å². The Morgan fingerprint density at radius 1 is 1.11 bits per heavy atom. The number of ether oxygens (including phenoxy) is 1. The lowest BCUT2D eigenvalue weighted by atomic mass is 10.2. The number of benzene rings is 1. The summed E-state index contributed by atoms with van der Waals surface area (Å²) in [5, 5.41) is 5.93. The van der Waals surface area contributed by atoms with Crippen LogP contribution >= 0.6 is 0 Å². The van der Waals surface area contributed by atoms with Crippen molar-refractivity contribution < 1.29 is 9.53 Å². The van der Waals surface area contributed by atoms with E-state index in [0.29, 0.717) is 31.0 Å². The van der Waals surface area contributed by atoms with Gasteiger partial charge in [-0.3, -0.25) is 19.1 Å². The Labute approximate surface area is 202 Å². The van der Waals surface area contributed by atoms with Gasteiger partial charge in [0.1, 0.15) is 18.9 Å². The highest BCUT2D eigenvalue weighted by molar-refractivity contribution is 5.76. The van der Waals surface area contributed by atoms with Crippen molar-refractivity contribution in [2.45, 2.75) is 33.0 Å². The van der Waals surface area contributed by atoms with Crippen LogP contribution in [0.1, 0.15) is 22.6 Å². The molecule has 3 N–H and O–H groups in total. The molecule has 180 valence electrons. The largest absolute Gasteiger partial charge is 0.487 e. The molecule has 0 bridgehead atoms. The molecule has 0 saturated carbocycles. The monoisotopic (exact) mass is 473 g/mol. The second-order valence-electron chi connectivity index (χ2n) is 7.89. The van der Waals surface area contributed by atoms with Crippen molar-refractivity contribution >= 4 is 11.7 Å². The first-order valence-corrected chi connectivity index (χ1v) is 11.2. The van der Waals surface area contributed by atoms with Crippen LogP contribution in [-0.2, 0) is 30.9 Å². The van der Waals surface area contributed by atoms with Crippen LogP contribution in [0.4, 0.5) is 5.82 Å². The van der Waals surface area contributed by atoms with Gasteiger partial charge >= 0.3 is 0 Å². The number of aryl methyl sites for hydroxylation is 1. The number of H-pyrrole nitrogens is 1. The number of anilines is 1. The van der Waals surface area contributed by atoms with Crippen LogP contribution in [0.15, 0.2) is 72.2 Å². The summed E-state index contributed by atoms with van der Waals surface area (Å²) in [5.41, 5.74) is 2.85. The normalized spacial score (nSPS) is 10.7. The highest BCUT2D eigenvalue weighted by atomic mass is 16.5. The van der Waals surface area contributed by atoms with Crippen molar-refractivity contribution in [1.29, 1.82) is 0 Å². The Bertz CT molecular complexity index is 1300. The lowest BCUT2D eigenvalue weighted by Gasteiger charge is -2.14. The molecule has 0 saturated heterocycles. The molecule has 1 aromatic carbocycles. The van der Waals surface area contributed by atoms with Gasteiger partial charge in [0.05, 0.1) is 18.2 Å². The number of nitrogens with zero attached hydrogens (tertiary/aromatic N) is 4. The van der Waals surface area contributed by atoms with E-state index < -0.39 is 0 Å². The Morgan fingerprint density at radius 2 is 1.97 bits per heavy atom. The smallest absolute Gasteiger partial charge is 0.293 e. The maximum Gasteiger partial charge on any atom is 0.293 e. The van der Waals surface area contributed by atoms with Crippen LogP contribution in [0.25, 0.3) is 0 Å². The number of aromatic nitrogens is 5. The molecule has 3 aromatic heterocycles. The van der Waals surface area contributed by atoms with Crippen molar-refractivity contribution in [2.75, 3.05) is 11.9 Å². The number of hydrogen-bond donors (Lipinski definition) is 3. The Morgan fingerprint density at radius 3 is 2.77 bits per heavy atom. The predicted octanol–water partition coefficient (Wildman–Crippen LogP) is 2.22. The molecule has 0 aliphatic heterocycles. The van der Waals surface area contributed by atoms with Gasteiger partial charge in [0, 0.05) is 48.9 Å². The lowest BCUT2D eigenvalue weighted by Crippen LogP contribution is -2.34. The van der Waals surface area contributed by atoms with E-state index >= 15 is 0 Å². The fourth-order valence-corrected chi connectivity index (χ4v) is 3.45. The van der Waals surface area contributed by atoms with Crippen molar-refractivity contribution in [3.8, 4) is 5.75 Å². The topological polar surface area (TPSA) is 127 Å². The van der Waals surface area contributed by atoms with Gasteiger partial charge in [0.2, 0.25) is 5.91 Å². The third-order valence-electron chi connectivity index (χ3n) is 5.34. The van der Waals surface area contributed by atoms with Crippen LogP contribution < -0.4 is 20.9 Å². The predicted molar refractivity (Wildman–Crippen MR) is 131 cm³/mol. The van der Waals surface area contributed by atoms with Gasteiger partial charge in [-0.1, -0.05) is 24.3 Å². The highest BCUT2D eigenvalue weighted by Gasteiger charge is 2.12. The van der Waals surface area contributed by atoms with Gasteiger partial charge in [-0.05, 0) is 25.1 Å². The molecular formula is C25H27N7O3. The zero-order valence-corrected chi connectivity index (χ0v) is 19.4. The maximum absolute atomic E-state index is 12.9. The van der Waals surface area contributed by atoms with E-state index in [1.54, 1.807) is 31.8 Å². The molecule has 35 heavy (non-hydrogen) atoms. The van der Waals surface area contributed by atoms with Crippen molar-refractivity contribution in [2.24, 2.45) is 0 Å². The van der Waals surface area contributed by atoms with Gasteiger partial charge in [0.15, 0.2) is 5.82 Å². The summed E-state index contributed by atoms with van der Waals surface area (Å²) in [6.45, 7) is 2.75. The highest BCUT2D eigenvalue weighted by Crippen LogP contribution is 2.19. The zero-order chi connectivity index (χ0) is 24.5. The first-order chi connectivity index (χ1) is 17.1. The third-order valence-corrected chi connectivity index (χ3v) is 5.34. The summed E-state index contributed by atoms with van der Waals surface area (Å²) >= 11 is 0. The van der Waals surface area contributed by atoms with Crippen molar-refractivity contribution in [3.05, 3.63) is 100 Å². The fourth-order valence-electron chi connectivity index (χ4n) is 3.45. The van der Waals surface area contributed by atoms with Crippen molar-refractivity contribution in [1.82, 2.24) is 29.8 Å². The molecular weight excluding hydrogens is 446 g/mol. The minimum Gasteiger partial charge on any atom is -0.487 e. The molecule has 4 rings (SSSR count). The maximum atomic E-state index is 12.9. The molecule has 10 nitrogen and oxygen atoms in total. The summed E-state index contributed by atoms with van der Waals surface area (Å²) in [5.74, 6) is 0.583. The first kappa shape index (κ1) is 23.7. The van der Waals surface area contributed by atoms with E-state index in [0.717, 1.165) is 17.0 Å². The molecule has 0 aliphatic carbocycles. The van der Waals surface area contributed by atoms with Gasteiger partial charge in [0.25, 0.3) is 5.56 Å². The van der Waals surface area contributed by atoms with Crippen LogP contribution in [-0.4, -0.2) is 37.0 Å². The molecule has 10 heteroatoms. The van der Waals surface area contributed by atoms with Crippen LogP contribution in [0, 0.1) is 6.92 Å². The Balaban J connectivity index is 1.34. The minimum absolute atomic E-state index is 0.112. The van der Waals surface area contributed by atoms with E-state index in [9.17, 15) is 9.59 Å². The average molecular weight is 474 g/mol. The van der Waals surface area contributed by atoms with Crippen LogP contribution in [0.3, 0.4) is 0 Å². The van der Waals surface area contributed by atoms with Gasteiger partial charge < -0.3 is 20.4 Å².